The van der Waals surface area contributed by atoms with E-state index >= 15 is 0 Å². The minimum atomic E-state index is -1.06. The first-order valence-corrected chi connectivity index (χ1v) is 4.65. The lowest BCUT2D eigenvalue weighted by Crippen LogP contribution is -1.97. The number of hydrogen-bond acceptors (Lipinski definition) is 4. The van der Waals surface area contributed by atoms with Gasteiger partial charge in [-0.05, 0) is 5.75 Å². The summed E-state index contributed by atoms with van der Waals surface area (Å²) in [6, 6.07) is 0. The highest BCUT2D eigenvalue weighted by molar-refractivity contribution is 7.98. The molecule has 1 N–H and O–H groups in total. The highest BCUT2D eigenvalue weighted by Crippen LogP contribution is 2.15. The third kappa shape index (κ3) is 2.01. The molecule has 0 atom stereocenters. The van der Waals surface area contributed by atoms with Crippen LogP contribution < -0.4 is 0 Å². The van der Waals surface area contributed by atoms with E-state index in [0.717, 1.165) is 5.75 Å². The molecule has 0 saturated heterocycles. The van der Waals surface area contributed by atoms with E-state index in [1.54, 1.807) is 11.8 Å². The van der Waals surface area contributed by atoms with Crippen molar-refractivity contribution in [2.24, 2.45) is 0 Å². The first kappa shape index (κ1) is 9.12. The predicted octanol–water partition coefficient (Wildman–Crippen LogP) is 1.63. The van der Waals surface area contributed by atoms with Gasteiger partial charge in [-0.1, -0.05) is 12.1 Å². The largest absolute Gasteiger partial charge is 0.475 e. The number of aromatic carboxylic acids is 1. The molecule has 1 heterocycles. The highest BCUT2D eigenvalue weighted by Gasteiger charge is 2.14. The lowest BCUT2D eigenvalue weighted by atomic mass is 10.3. The molecule has 0 aromatic carbocycles. The number of nitrogens with zero attached hydrogens (tertiary/aromatic N) is 1. The van der Waals surface area contributed by atoms with Crippen LogP contribution in [0.25, 0.3) is 0 Å². The van der Waals surface area contributed by atoms with Crippen molar-refractivity contribution in [3.05, 3.63) is 17.5 Å². The summed E-state index contributed by atoms with van der Waals surface area (Å²) in [5.41, 5.74) is 0.648. The van der Waals surface area contributed by atoms with Gasteiger partial charge >= 0.3 is 5.97 Å². The predicted molar refractivity (Wildman–Crippen MR) is 45.3 cm³/mol. The molecule has 12 heavy (non-hydrogen) atoms. The van der Waals surface area contributed by atoms with Crippen LogP contribution in [0, 0.1) is 0 Å². The van der Waals surface area contributed by atoms with Crippen LogP contribution in [0.3, 0.4) is 0 Å². The zero-order valence-corrected chi connectivity index (χ0v) is 7.43. The zero-order chi connectivity index (χ0) is 8.97. The van der Waals surface area contributed by atoms with Crippen LogP contribution >= 0.6 is 11.8 Å². The topological polar surface area (TPSA) is 63.3 Å². The van der Waals surface area contributed by atoms with E-state index in [-0.39, 0.29) is 5.76 Å². The van der Waals surface area contributed by atoms with E-state index in [2.05, 4.69) is 9.68 Å². The van der Waals surface area contributed by atoms with Crippen molar-refractivity contribution in [1.29, 1.82) is 0 Å². The molecular formula is C7H9NO3S. The Morgan fingerprint density at radius 2 is 2.58 bits per heavy atom. The van der Waals surface area contributed by atoms with Gasteiger partial charge in [-0.15, -0.1) is 0 Å². The van der Waals surface area contributed by atoms with Crippen molar-refractivity contribution in [2.75, 3.05) is 5.75 Å². The second-order valence-corrected chi connectivity index (χ2v) is 3.40. The summed E-state index contributed by atoms with van der Waals surface area (Å²) in [5.74, 6) is 0.487. The first-order chi connectivity index (χ1) is 5.75. The fourth-order valence-electron chi connectivity index (χ4n) is 0.751. The second kappa shape index (κ2) is 4.15. The molecule has 0 saturated carbocycles. The fraction of sp³-hybridized carbons (Fsp3) is 0.429. The summed E-state index contributed by atoms with van der Waals surface area (Å²) in [5, 5.41) is 12.0. The minimum absolute atomic E-state index is 0.0454. The molecule has 1 aromatic rings. The Morgan fingerprint density at radius 1 is 1.83 bits per heavy atom. The van der Waals surface area contributed by atoms with Gasteiger partial charge in [0, 0.05) is 11.3 Å². The number of rotatable bonds is 4. The lowest BCUT2D eigenvalue weighted by Gasteiger charge is -1.93. The Labute approximate surface area is 73.9 Å². The van der Waals surface area contributed by atoms with Crippen molar-refractivity contribution in [2.45, 2.75) is 12.7 Å². The summed E-state index contributed by atoms with van der Waals surface area (Å²) in [7, 11) is 0. The van der Waals surface area contributed by atoms with Crippen LogP contribution in [0.15, 0.2) is 10.7 Å². The number of aromatic nitrogens is 1. The molecule has 1 aromatic heterocycles. The maximum Gasteiger partial charge on any atom is 0.375 e. The quantitative estimate of drug-likeness (QED) is 0.776. The second-order valence-electron chi connectivity index (χ2n) is 2.12. The Kier molecular flexibility index (Phi) is 3.16. The molecule has 0 unspecified atom stereocenters. The van der Waals surface area contributed by atoms with E-state index in [1.807, 2.05) is 6.92 Å². The van der Waals surface area contributed by atoms with Gasteiger partial charge < -0.3 is 9.63 Å². The third-order valence-electron chi connectivity index (χ3n) is 1.30. The molecule has 1 rings (SSSR count). The molecule has 0 spiro atoms. The number of carboxylic acids is 1. The van der Waals surface area contributed by atoms with Gasteiger partial charge in [0.25, 0.3) is 0 Å². The van der Waals surface area contributed by atoms with Gasteiger partial charge in [0.1, 0.15) is 0 Å². The average molecular weight is 187 g/mol. The van der Waals surface area contributed by atoms with Crippen LogP contribution in [-0.4, -0.2) is 22.0 Å². The Bertz CT molecular complexity index is 271. The molecule has 5 heteroatoms. The fourth-order valence-corrected chi connectivity index (χ4v) is 1.38. The van der Waals surface area contributed by atoms with Crippen LogP contribution in [0.4, 0.5) is 0 Å². The third-order valence-corrected chi connectivity index (χ3v) is 2.22. The summed E-state index contributed by atoms with van der Waals surface area (Å²) in [6.07, 6.45) is 1.45. The van der Waals surface area contributed by atoms with E-state index in [1.165, 1.54) is 6.20 Å². The van der Waals surface area contributed by atoms with E-state index in [4.69, 9.17) is 5.11 Å². The van der Waals surface area contributed by atoms with Crippen molar-refractivity contribution < 1.29 is 14.4 Å². The van der Waals surface area contributed by atoms with Crippen molar-refractivity contribution in [1.82, 2.24) is 5.16 Å². The molecule has 0 bridgehead atoms. The molecule has 0 amide bonds. The normalized spacial score (nSPS) is 10.1. The monoisotopic (exact) mass is 187 g/mol. The van der Waals surface area contributed by atoms with Gasteiger partial charge in [0.2, 0.25) is 5.76 Å². The van der Waals surface area contributed by atoms with Crippen molar-refractivity contribution in [3.8, 4) is 0 Å². The maximum absolute atomic E-state index is 10.5. The molecule has 0 aliphatic carbocycles. The zero-order valence-electron chi connectivity index (χ0n) is 6.61. The smallest absolute Gasteiger partial charge is 0.375 e. The maximum atomic E-state index is 10.5. The lowest BCUT2D eigenvalue weighted by molar-refractivity contribution is 0.0651. The summed E-state index contributed by atoms with van der Waals surface area (Å²) in [4.78, 5) is 10.5. The summed E-state index contributed by atoms with van der Waals surface area (Å²) < 4.78 is 4.56. The molecular weight excluding hydrogens is 178 g/mol. The molecule has 0 aliphatic rings. The van der Waals surface area contributed by atoms with Gasteiger partial charge in [0.05, 0.1) is 6.20 Å². The molecule has 66 valence electrons. The van der Waals surface area contributed by atoms with Crippen LogP contribution in [0.2, 0.25) is 0 Å². The summed E-state index contributed by atoms with van der Waals surface area (Å²) in [6.45, 7) is 2.01. The van der Waals surface area contributed by atoms with Gasteiger partial charge in [-0.3, -0.25) is 0 Å². The average Bonchev–Trinajstić information content (AvgIpc) is 2.48. The van der Waals surface area contributed by atoms with E-state index < -0.39 is 5.97 Å². The summed E-state index contributed by atoms with van der Waals surface area (Å²) >= 11 is 1.63. The van der Waals surface area contributed by atoms with Gasteiger partial charge in [-0.25, -0.2) is 4.79 Å². The van der Waals surface area contributed by atoms with Gasteiger partial charge in [0.15, 0.2) is 0 Å². The highest BCUT2D eigenvalue weighted by atomic mass is 32.2. The van der Waals surface area contributed by atoms with Crippen molar-refractivity contribution >= 4 is 17.7 Å². The van der Waals surface area contributed by atoms with Gasteiger partial charge in [-0.2, -0.15) is 11.8 Å². The molecule has 0 aliphatic heterocycles. The SMILES string of the molecule is CCSCc1cnoc1C(=O)O. The number of hydrogen-bond donors (Lipinski definition) is 1. The van der Waals surface area contributed by atoms with Crippen LogP contribution in [0.1, 0.15) is 23.0 Å². The number of carboxylic acid groups (broad SMARTS) is 1. The number of thioether (sulfide) groups is 1. The molecule has 0 fully saturated rings. The van der Waals surface area contributed by atoms with Crippen LogP contribution in [-0.2, 0) is 5.75 Å². The van der Waals surface area contributed by atoms with E-state index in [9.17, 15) is 4.79 Å². The standard InChI is InChI=1S/C7H9NO3S/c1-2-12-4-5-3-8-11-6(5)7(9)10/h3H,2,4H2,1H3,(H,9,10). The van der Waals surface area contributed by atoms with Crippen LogP contribution in [0.5, 0.6) is 0 Å². The first-order valence-electron chi connectivity index (χ1n) is 3.50. The molecule has 0 radical (unpaired) electrons. The minimum Gasteiger partial charge on any atom is -0.475 e. The molecule has 4 nitrogen and oxygen atoms in total. The Morgan fingerprint density at radius 3 is 3.17 bits per heavy atom. The number of carbonyl (C=O) groups is 1. The Hall–Kier alpha value is -0.970. The van der Waals surface area contributed by atoms with E-state index in [0.29, 0.717) is 11.3 Å². The van der Waals surface area contributed by atoms with Crippen molar-refractivity contribution in [3.63, 3.8) is 0 Å². The Balaban J connectivity index is 2.70.